The number of sulfonamides is 1. The summed E-state index contributed by atoms with van der Waals surface area (Å²) in [6.45, 7) is 1.04. The van der Waals surface area contributed by atoms with Gasteiger partial charge in [-0.05, 0) is 53.2 Å². The third kappa shape index (κ3) is 5.18. The highest BCUT2D eigenvalue weighted by molar-refractivity contribution is 9.10. The van der Waals surface area contributed by atoms with Gasteiger partial charge in [0.05, 0.1) is 29.9 Å². The predicted molar refractivity (Wildman–Crippen MR) is 111 cm³/mol. The average Bonchev–Trinajstić information content (AvgIpc) is 3.19. The van der Waals surface area contributed by atoms with Crippen LogP contribution in [-0.4, -0.2) is 41.8 Å². The topological polar surface area (TPSA) is 85.9 Å². The van der Waals surface area contributed by atoms with E-state index in [9.17, 15) is 21.6 Å². The van der Waals surface area contributed by atoms with Crippen molar-refractivity contribution in [2.45, 2.75) is 23.6 Å². The molecular weight excluding hydrogens is 505 g/mol. The zero-order valence-corrected chi connectivity index (χ0v) is 18.9. The van der Waals surface area contributed by atoms with E-state index >= 15 is 0 Å². The van der Waals surface area contributed by atoms with Gasteiger partial charge in [0.25, 0.3) is 10.0 Å². The lowest BCUT2D eigenvalue weighted by Crippen LogP contribution is -2.22. The van der Waals surface area contributed by atoms with E-state index in [0.29, 0.717) is 25.3 Å². The Hall–Kier alpha value is -2.18. The molecule has 1 atom stereocenters. The summed E-state index contributed by atoms with van der Waals surface area (Å²) in [6.07, 6.45) is -4.54. The molecule has 2 aromatic rings. The first-order valence-corrected chi connectivity index (χ1v) is 11.4. The van der Waals surface area contributed by atoms with Crippen molar-refractivity contribution in [3.05, 3.63) is 40.4 Å². The summed E-state index contributed by atoms with van der Waals surface area (Å²) >= 11 is 3.19. The molecule has 12 heteroatoms. The summed E-state index contributed by atoms with van der Waals surface area (Å²) in [4.78, 5) is -0.174. The van der Waals surface area contributed by atoms with Crippen molar-refractivity contribution in [1.29, 1.82) is 0 Å². The van der Waals surface area contributed by atoms with Crippen molar-refractivity contribution in [2.24, 2.45) is 0 Å². The minimum absolute atomic E-state index is 0.0735. The normalized spacial score (nSPS) is 16.8. The number of nitrogens with one attached hydrogen (secondary N) is 2. The second-order valence-electron chi connectivity index (χ2n) is 6.66. The van der Waals surface area contributed by atoms with Crippen LogP contribution >= 0.6 is 15.9 Å². The second-order valence-corrected chi connectivity index (χ2v) is 9.10. The minimum Gasteiger partial charge on any atom is -0.493 e. The predicted octanol–water partition coefficient (Wildman–Crippen LogP) is 4.03. The minimum atomic E-state index is -4.65. The van der Waals surface area contributed by atoms with E-state index in [1.165, 1.54) is 26.4 Å². The molecule has 1 aliphatic rings. The van der Waals surface area contributed by atoms with Crippen molar-refractivity contribution in [3.8, 4) is 17.2 Å². The first-order valence-electron chi connectivity index (χ1n) is 9.08. The van der Waals surface area contributed by atoms with Crippen LogP contribution < -0.4 is 24.2 Å². The van der Waals surface area contributed by atoms with Crippen molar-refractivity contribution in [2.75, 3.05) is 32.0 Å². The Morgan fingerprint density at radius 1 is 1.13 bits per heavy atom. The number of alkyl halides is 3. The Kier molecular flexibility index (Phi) is 6.92. The first-order chi connectivity index (χ1) is 14.6. The van der Waals surface area contributed by atoms with Crippen LogP contribution in [0.15, 0.2) is 39.7 Å². The van der Waals surface area contributed by atoms with Crippen molar-refractivity contribution in [1.82, 2.24) is 5.32 Å². The van der Waals surface area contributed by atoms with E-state index < -0.39 is 33.6 Å². The van der Waals surface area contributed by atoms with Gasteiger partial charge in [0, 0.05) is 12.6 Å². The Balaban J connectivity index is 1.96. The molecule has 2 aromatic carbocycles. The van der Waals surface area contributed by atoms with Crippen LogP contribution in [0.4, 0.5) is 18.9 Å². The van der Waals surface area contributed by atoms with Crippen molar-refractivity contribution >= 4 is 31.6 Å². The lowest BCUT2D eigenvalue weighted by atomic mass is 10.1. The maximum absolute atomic E-state index is 13.4. The van der Waals surface area contributed by atoms with Crippen LogP contribution in [0.1, 0.15) is 12.0 Å². The number of rotatable bonds is 7. The fourth-order valence-corrected chi connectivity index (χ4v) is 5.37. The molecule has 0 spiro atoms. The Labute approximate surface area is 186 Å². The van der Waals surface area contributed by atoms with E-state index in [2.05, 4.69) is 26.0 Å². The fourth-order valence-electron chi connectivity index (χ4n) is 3.11. The van der Waals surface area contributed by atoms with Gasteiger partial charge in [0.1, 0.15) is 16.7 Å². The molecule has 1 fully saturated rings. The van der Waals surface area contributed by atoms with Gasteiger partial charge in [0.2, 0.25) is 0 Å². The van der Waals surface area contributed by atoms with Gasteiger partial charge in [-0.2, -0.15) is 13.2 Å². The van der Waals surface area contributed by atoms with E-state index in [1.54, 1.807) is 0 Å². The third-order valence-corrected chi connectivity index (χ3v) is 7.06. The average molecular weight is 525 g/mol. The molecule has 7 nitrogen and oxygen atoms in total. The van der Waals surface area contributed by atoms with Crippen molar-refractivity contribution < 1.29 is 35.8 Å². The lowest BCUT2D eigenvalue weighted by Gasteiger charge is -2.19. The van der Waals surface area contributed by atoms with Gasteiger partial charge < -0.3 is 19.5 Å². The SMILES string of the molecule is COc1ccc(S(=O)(=O)Nc2ccc(C(F)(F)F)c(O[C@@H]3CCNC3)c2)c(Br)c1OC. The van der Waals surface area contributed by atoms with Gasteiger partial charge >= 0.3 is 6.18 Å². The van der Waals surface area contributed by atoms with Crippen LogP contribution in [0.2, 0.25) is 0 Å². The molecule has 31 heavy (non-hydrogen) atoms. The molecule has 0 amide bonds. The monoisotopic (exact) mass is 524 g/mol. The number of benzene rings is 2. The summed E-state index contributed by atoms with van der Waals surface area (Å²) in [5.74, 6) is 0.0343. The quantitative estimate of drug-likeness (QED) is 0.568. The molecule has 0 bridgehead atoms. The van der Waals surface area contributed by atoms with E-state index in [-0.39, 0.29) is 20.8 Å². The van der Waals surface area contributed by atoms with E-state index in [1.807, 2.05) is 0 Å². The highest BCUT2D eigenvalue weighted by atomic mass is 79.9. The zero-order chi connectivity index (χ0) is 22.8. The molecular formula is C19H20BrF3N2O5S. The largest absolute Gasteiger partial charge is 0.493 e. The van der Waals surface area contributed by atoms with E-state index in [0.717, 1.165) is 18.2 Å². The maximum atomic E-state index is 13.4. The fraction of sp³-hybridized carbons (Fsp3) is 0.368. The van der Waals surface area contributed by atoms with E-state index in [4.69, 9.17) is 14.2 Å². The molecule has 1 saturated heterocycles. The number of ether oxygens (including phenoxy) is 3. The molecule has 0 saturated carbocycles. The number of halogens is 4. The summed E-state index contributed by atoms with van der Waals surface area (Å²) in [7, 11) is -1.42. The highest BCUT2D eigenvalue weighted by Gasteiger charge is 2.36. The summed E-state index contributed by atoms with van der Waals surface area (Å²) in [6, 6.07) is 5.56. The standard InChI is InChI=1S/C19H20BrF3N2O5S/c1-28-14-5-6-16(17(20)18(14)29-2)31(26,27)25-11-3-4-13(19(21,22)23)15(9-11)30-12-7-8-24-10-12/h3-6,9,12,24-25H,7-8,10H2,1-2H3/t12-/m1/s1. The molecule has 0 aromatic heterocycles. The Bertz CT molecular complexity index is 1060. The van der Waals surface area contributed by atoms with Crippen molar-refractivity contribution in [3.63, 3.8) is 0 Å². The van der Waals surface area contributed by atoms with Gasteiger partial charge in [-0.3, -0.25) is 4.72 Å². The van der Waals surface area contributed by atoms with Crippen LogP contribution in [0.5, 0.6) is 17.2 Å². The number of methoxy groups -OCH3 is 2. The van der Waals surface area contributed by atoms with Crippen LogP contribution in [0, 0.1) is 0 Å². The van der Waals surface area contributed by atoms with Gasteiger partial charge in [-0.25, -0.2) is 8.42 Å². The van der Waals surface area contributed by atoms with Gasteiger partial charge in [-0.15, -0.1) is 0 Å². The molecule has 170 valence electrons. The first kappa shape index (κ1) is 23.5. The molecule has 2 N–H and O–H groups in total. The zero-order valence-electron chi connectivity index (χ0n) is 16.5. The molecule has 1 aliphatic heterocycles. The summed E-state index contributed by atoms with van der Waals surface area (Å²) < 4.78 is 84.3. The van der Waals surface area contributed by atoms with Gasteiger partial charge in [-0.1, -0.05) is 0 Å². The van der Waals surface area contributed by atoms with Crippen LogP contribution in [0.3, 0.4) is 0 Å². The maximum Gasteiger partial charge on any atom is 0.419 e. The van der Waals surface area contributed by atoms with Crippen LogP contribution in [-0.2, 0) is 16.2 Å². The molecule has 0 radical (unpaired) electrons. The Morgan fingerprint density at radius 2 is 1.87 bits per heavy atom. The van der Waals surface area contributed by atoms with Crippen LogP contribution in [0.25, 0.3) is 0 Å². The third-order valence-electron chi connectivity index (χ3n) is 4.59. The lowest BCUT2D eigenvalue weighted by molar-refractivity contribution is -0.139. The highest BCUT2D eigenvalue weighted by Crippen LogP contribution is 2.41. The molecule has 1 heterocycles. The number of hydrogen-bond donors (Lipinski definition) is 2. The second kappa shape index (κ2) is 9.13. The Morgan fingerprint density at radius 3 is 2.45 bits per heavy atom. The number of hydrogen-bond acceptors (Lipinski definition) is 6. The smallest absolute Gasteiger partial charge is 0.419 e. The molecule has 0 unspecified atom stereocenters. The van der Waals surface area contributed by atoms with Gasteiger partial charge in [0.15, 0.2) is 11.5 Å². The molecule has 0 aliphatic carbocycles. The summed E-state index contributed by atoms with van der Waals surface area (Å²) in [5, 5.41) is 3.01. The summed E-state index contributed by atoms with van der Waals surface area (Å²) in [5.41, 5.74) is -1.05. The molecule has 3 rings (SSSR count). The number of anilines is 1.